The first kappa shape index (κ1) is 23.4. The molecule has 2 fully saturated rings. The Morgan fingerprint density at radius 2 is 1.79 bits per heavy atom. The number of ether oxygens (including phenoxy) is 2. The molecule has 8 nitrogen and oxygen atoms in total. The maximum absolute atomic E-state index is 13.2. The summed E-state index contributed by atoms with van der Waals surface area (Å²) in [6, 6.07) is 5.25. The Labute approximate surface area is 194 Å². The maximum atomic E-state index is 13.2. The van der Waals surface area contributed by atoms with Gasteiger partial charge in [-0.15, -0.1) is 0 Å². The SMILES string of the molecule is CC(=O)N1CCc2cc(C(=O)[C@H](C)OC(=O)C3(CC(=O)N4CCOCC4)CCCC3)ccc21. The number of carbonyl (C=O) groups excluding carboxylic acids is 4. The van der Waals surface area contributed by atoms with E-state index >= 15 is 0 Å². The van der Waals surface area contributed by atoms with E-state index in [9.17, 15) is 19.2 Å². The minimum absolute atomic E-state index is 0.0244. The number of benzene rings is 1. The number of morpholine rings is 1. The number of amides is 2. The van der Waals surface area contributed by atoms with Gasteiger partial charge in [0.15, 0.2) is 6.10 Å². The first-order valence-electron chi connectivity index (χ1n) is 11.8. The topological polar surface area (TPSA) is 93.2 Å². The predicted molar refractivity (Wildman–Crippen MR) is 121 cm³/mol. The number of ketones is 1. The van der Waals surface area contributed by atoms with E-state index in [0.29, 0.717) is 57.7 Å². The van der Waals surface area contributed by atoms with Gasteiger partial charge in [-0.1, -0.05) is 12.8 Å². The van der Waals surface area contributed by atoms with Gasteiger partial charge in [0.1, 0.15) is 0 Å². The standard InChI is InChI=1S/C25H32N2O6/c1-17(23(30)20-5-6-21-19(15-20)7-10-27(21)18(2)28)33-24(31)25(8-3-4-9-25)16-22(29)26-11-13-32-14-12-26/h5-6,15,17H,3-4,7-14,16H2,1-2H3/t17-/m0/s1. The molecule has 1 atom stereocenters. The van der Waals surface area contributed by atoms with Crippen LogP contribution in [-0.2, 0) is 30.3 Å². The van der Waals surface area contributed by atoms with E-state index < -0.39 is 17.5 Å². The second kappa shape index (κ2) is 9.63. The summed E-state index contributed by atoms with van der Waals surface area (Å²) in [6.45, 7) is 5.82. The van der Waals surface area contributed by atoms with Gasteiger partial charge in [-0.25, -0.2) is 0 Å². The molecular weight excluding hydrogens is 424 g/mol. The third-order valence-corrected chi connectivity index (χ3v) is 7.14. The number of hydrogen-bond acceptors (Lipinski definition) is 6. The van der Waals surface area contributed by atoms with Crippen molar-refractivity contribution in [1.29, 1.82) is 0 Å². The van der Waals surface area contributed by atoms with Gasteiger partial charge in [0, 0.05) is 44.2 Å². The summed E-state index contributed by atoms with van der Waals surface area (Å²) < 4.78 is 11.0. The van der Waals surface area contributed by atoms with Gasteiger partial charge in [-0.3, -0.25) is 19.2 Å². The van der Waals surface area contributed by atoms with Crippen molar-refractivity contribution in [3.63, 3.8) is 0 Å². The Bertz CT molecular complexity index is 946. The highest BCUT2D eigenvalue weighted by Gasteiger charge is 2.46. The van der Waals surface area contributed by atoms with Crippen LogP contribution >= 0.6 is 0 Å². The smallest absolute Gasteiger partial charge is 0.313 e. The fourth-order valence-corrected chi connectivity index (χ4v) is 5.17. The normalized spacial score (nSPS) is 20.3. The molecule has 0 unspecified atom stereocenters. The molecule has 1 saturated heterocycles. The number of esters is 1. The fourth-order valence-electron chi connectivity index (χ4n) is 5.17. The molecule has 0 radical (unpaired) electrons. The highest BCUT2D eigenvalue weighted by molar-refractivity contribution is 6.02. The predicted octanol–water partition coefficient (Wildman–Crippen LogP) is 2.52. The molecule has 0 aromatic heterocycles. The number of carbonyl (C=O) groups is 4. The molecule has 3 aliphatic rings. The Hall–Kier alpha value is -2.74. The second-order valence-electron chi connectivity index (χ2n) is 9.33. The lowest BCUT2D eigenvalue weighted by Crippen LogP contribution is -2.45. The number of nitrogens with zero attached hydrogens (tertiary/aromatic N) is 2. The minimum atomic E-state index is -0.947. The van der Waals surface area contributed by atoms with Crippen LogP contribution in [0.2, 0.25) is 0 Å². The molecule has 1 aliphatic carbocycles. The molecule has 2 amide bonds. The summed E-state index contributed by atoms with van der Waals surface area (Å²) in [5.74, 6) is -0.806. The van der Waals surface area contributed by atoms with Gasteiger partial charge in [0.2, 0.25) is 17.6 Å². The van der Waals surface area contributed by atoms with Crippen molar-refractivity contribution in [3.8, 4) is 0 Å². The third kappa shape index (κ3) is 4.81. The molecule has 4 rings (SSSR count). The Morgan fingerprint density at radius 3 is 2.45 bits per heavy atom. The van der Waals surface area contributed by atoms with Crippen LogP contribution in [0.4, 0.5) is 5.69 Å². The van der Waals surface area contributed by atoms with Crippen molar-refractivity contribution in [2.75, 3.05) is 37.7 Å². The van der Waals surface area contributed by atoms with Crippen LogP contribution in [0.15, 0.2) is 18.2 Å². The first-order chi connectivity index (χ1) is 15.8. The van der Waals surface area contributed by atoms with Crippen LogP contribution < -0.4 is 4.90 Å². The van der Waals surface area contributed by atoms with Gasteiger partial charge < -0.3 is 19.3 Å². The minimum Gasteiger partial charge on any atom is -0.454 e. The van der Waals surface area contributed by atoms with E-state index in [1.54, 1.807) is 34.9 Å². The molecule has 8 heteroatoms. The second-order valence-corrected chi connectivity index (χ2v) is 9.33. The van der Waals surface area contributed by atoms with Crippen LogP contribution in [0.5, 0.6) is 0 Å². The zero-order valence-electron chi connectivity index (χ0n) is 19.4. The summed E-state index contributed by atoms with van der Waals surface area (Å²) in [5.41, 5.74) is 1.38. The van der Waals surface area contributed by atoms with Crippen molar-refractivity contribution in [1.82, 2.24) is 4.90 Å². The maximum Gasteiger partial charge on any atom is 0.313 e. The van der Waals surface area contributed by atoms with Gasteiger partial charge in [-0.05, 0) is 49.9 Å². The molecule has 1 aromatic carbocycles. The summed E-state index contributed by atoms with van der Waals surface area (Å²) in [5, 5.41) is 0. The molecule has 0 N–H and O–H groups in total. The van der Waals surface area contributed by atoms with Crippen molar-refractivity contribution < 1.29 is 28.7 Å². The molecule has 2 heterocycles. The largest absolute Gasteiger partial charge is 0.454 e. The monoisotopic (exact) mass is 456 g/mol. The Balaban J connectivity index is 1.42. The number of fused-ring (bicyclic) bond motifs is 1. The molecule has 1 aromatic rings. The van der Waals surface area contributed by atoms with Crippen LogP contribution in [0.3, 0.4) is 0 Å². The lowest BCUT2D eigenvalue weighted by molar-refractivity contribution is -0.162. The quantitative estimate of drug-likeness (QED) is 0.482. The van der Waals surface area contributed by atoms with Gasteiger partial charge in [0.25, 0.3) is 0 Å². The molecule has 0 spiro atoms. The molecule has 1 saturated carbocycles. The zero-order chi connectivity index (χ0) is 23.6. The van der Waals surface area contributed by atoms with Crippen molar-refractivity contribution >= 4 is 29.3 Å². The number of rotatable bonds is 6. The van der Waals surface area contributed by atoms with E-state index in [1.165, 1.54) is 6.92 Å². The molecule has 2 aliphatic heterocycles. The highest BCUT2D eigenvalue weighted by Crippen LogP contribution is 2.43. The molecule has 178 valence electrons. The van der Waals surface area contributed by atoms with E-state index in [4.69, 9.17) is 9.47 Å². The van der Waals surface area contributed by atoms with Crippen LogP contribution in [0.1, 0.15) is 61.9 Å². The summed E-state index contributed by atoms with van der Waals surface area (Å²) >= 11 is 0. The number of anilines is 1. The van der Waals surface area contributed by atoms with E-state index in [2.05, 4.69) is 0 Å². The fraction of sp³-hybridized carbons (Fsp3) is 0.600. The first-order valence-corrected chi connectivity index (χ1v) is 11.8. The van der Waals surface area contributed by atoms with E-state index in [0.717, 1.165) is 24.1 Å². The molecule has 33 heavy (non-hydrogen) atoms. The van der Waals surface area contributed by atoms with Gasteiger partial charge >= 0.3 is 5.97 Å². The average molecular weight is 457 g/mol. The van der Waals surface area contributed by atoms with Gasteiger partial charge in [-0.2, -0.15) is 0 Å². The third-order valence-electron chi connectivity index (χ3n) is 7.14. The Morgan fingerprint density at radius 1 is 1.09 bits per heavy atom. The van der Waals surface area contributed by atoms with Crippen LogP contribution in [0, 0.1) is 5.41 Å². The molecular formula is C25H32N2O6. The number of hydrogen-bond donors (Lipinski definition) is 0. The van der Waals surface area contributed by atoms with E-state index in [-0.39, 0.29) is 24.0 Å². The van der Waals surface area contributed by atoms with Crippen molar-refractivity contribution in [2.24, 2.45) is 5.41 Å². The summed E-state index contributed by atoms with van der Waals surface area (Å²) in [6.07, 6.45) is 2.79. The van der Waals surface area contributed by atoms with Gasteiger partial charge in [0.05, 0.1) is 18.6 Å². The number of Topliss-reactive ketones (excluding diaryl/α,β-unsaturated/α-hetero) is 1. The lowest BCUT2D eigenvalue weighted by Gasteiger charge is -2.32. The van der Waals surface area contributed by atoms with Crippen molar-refractivity contribution in [3.05, 3.63) is 29.3 Å². The van der Waals surface area contributed by atoms with Crippen LogP contribution in [0.25, 0.3) is 0 Å². The lowest BCUT2D eigenvalue weighted by atomic mass is 9.82. The van der Waals surface area contributed by atoms with E-state index in [1.807, 2.05) is 0 Å². The summed E-state index contributed by atoms with van der Waals surface area (Å²) in [7, 11) is 0. The summed E-state index contributed by atoms with van der Waals surface area (Å²) in [4.78, 5) is 54.3. The average Bonchev–Trinajstić information content (AvgIpc) is 3.46. The zero-order valence-corrected chi connectivity index (χ0v) is 19.4. The Kier molecular flexibility index (Phi) is 6.83. The molecule has 0 bridgehead atoms. The van der Waals surface area contributed by atoms with Crippen LogP contribution in [-0.4, -0.2) is 67.4 Å². The highest BCUT2D eigenvalue weighted by atomic mass is 16.5. The van der Waals surface area contributed by atoms with Crippen molar-refractivity contribution in [2.45, 2.75) is 58.5 Å².